The smallest absolute Gasteiger partial charge is 0.186 e. The number of hydrogen-bond donors (Lipinski definition) is 2. The van der Waals surface area contributed by atoms with Gasteiger partial charge in [0.15, 0.2) is 5.78 Å². The summed E-state index contributed by atoms with van der Waals surface area (Å²) in [6.07, 6.45) is 0. The van der Waals surface area contributed by atoms with Gasteiger partial charge in [-0.1, -0.05) is 30.3 Å². The molecular formula is C9H11N2O. The summed E-state index contributed by atoms with van der Waals surface area (Å²) in [5.74, 6) is -0.182. The molecule has 0 aromatic heterocycles. The van der Waals surface area contributed by atoms with Crippen molar-refractivity contribution in [2.45, 2.75) is 0 Å². The van der Waals surface area contributed by atoms with Crippen LogP contribution in [0.25, 0.3) is 0 Å². The highest BCUT2D eigenvalue weighted by Gasteiger charge is 2.13. The number of Topliss-reactive ketones (excluding diaryl/α,β-unsaturated/α-hetero) is 1. The van der Waals surface area contributed by atoms with Gasteiger partial charge in [0.2, 0.25) is 0 Å². The van der Waals surface area contributed by atoms with Gasteiger partial charge < -0.3 is 11.5 Å². The highest BCUT2D eigenvalue weighted by Crippen LogP contribution is 2.04. The molecule has 0 aliphatic carbocycles. The second kappa shape index (κ2) is 3.99. The van der Waals surface area contributed by atoms with Crippen LogP contribution in [0.3, 0.4) is 0 Å². The third-order valence-corrected chi connectivity index (χ3v) is 1.55. The van der Waals surface area contributed by atoms with Gasteiger partial charge in [0.25, 0.3) is 0 Å². The van der Waals surface area contributed by atoms with Crippen molar-refractivity contribution < 1.29 is 4.79 Å². The number of carbonyl (C=O) groups excluding carboxylic acids is 1. The van der Waals surface area contributed by atoms with E-state index < -0.39 is 0 Å². The van der Waals surface area contributed by atoms with E-state index >= 15 is 0 Å². The molecule has 63 valence electrons. The van der Waals surface area contributed by atoms with Gasteiger partial charge in [-0.25, -0.2) is 0 Å². The van der Waals surface area contributed by atoms with Gasteiger partial charge in [0, 0.05) is 12.1 Å². The maximum absolute atomic E-state index is 11.3. The molecular weight excluding hydrogens is 152 g/mol. The summed E-state index contributed by atoms with van der Waals surface area (Å²) in [5, 5.41) is 0. The molecule has 3 heteroatoms. The largest absolute Gasteiger partial charge is 0.328 e. The first-order valence-electron chi connectivity index (χ1n) is 3.67. The van der Waals surface area contributed by atoms with E-state index in [1.807, 2.05) is 6.07 Å². The molecule has 0 bridgehead atoms. The molecule has 0 spiro atoms. The van der Waals surface area contributed by atoms with Crippen LogP contribution in [-0.4, -0.2) is 12.3 Å². The zero-order chi connectivity index (χ0) is 8.97. The molecule has 12 heavy (non-hydrogen) atoms. The molecule has 0 unspecified atom stereocenters. The van der Waals surface area contributed by atoms with Crippen LogP contribution in [0.15, 0.2) is 30.3 Å². The van der Waals surface area contributed by atoms with Crippen LogP contribution in [0.5, 0.6) is 0 Å². The minimum absolute atomic E-state index is 0.105. The number of benzene rings is 1. The molecule has 0 atom stereocenters. The Morgan fingerprint density at radius 1 is 1.25 bits per heavy atom. The molecule has 1 rings (SSSR count). The molecule has 0 amide bonds. The summed E-state index contributed by atoms with van der Waals surface area (Å²) in [6, 6.07) is 9.04. The predicted octanol–water partition coefficient (Wildman–Crippen LogP) is 0.319. The summed E-state index contributed by atoms with van der Waals surface area (Å²) in [5.41, 5.74) is 11.2. The maximum Gasteiger partial charge on any atom is 0.186 e. The van der Waals surface area contributed by atoms with Crippen molar-refractivity contribution in [2.75, 3.05) is 6.54 Å². The zero-order valence-corrected chi connectivity index (χ0v) is 6.66. The summed E-state index contributed by atoms with van der Waals surface area (Å²) in [7, 11) is 0. The first kappa shape index (κ1) is 8.90. The first-order chi connectivity index (χ1) is 5.75. The molecule has 1 aromatic rings. The normalized spacial score (nSPS) is 10.2. The first-order valence-corrected chi connectivity index (χ1v) is 3.67. The standard InChI is InChI=1S/C9H11N2O/c10-6-8(11)9(12)7-4-2-1-3-5-7/h1-5H,6,10-11H2. The average Bonchev–Trinajstić information content (AvgIpc) is 2.17. The third kappa shape index (κ3) is 1.90. The fraction of sp³-hybridized carbons (Fsp3) is 0.111. The minimum atomic E-state index is -0.182. The van der Waals surface area contributed by atoms with Crippen LogP contribution < -0.4 is 11.5 Å². The maximum atomic E-state index is 11.3. The lowest BCUT2D eigenvalue weighted by molar-refractivity contribution is 0.100. The van der Waals surface area contributed by atoms with Crippen LogP contribution in [-0.2, 0) is 0 Å². The van der Waals surface area contributed by atoms with Crippen molar-refractivity contribution in [2.24, 2.45) is 11.5 Å². The monoisotopic (exact) mass is 163 g/mol. The van der Waals surface area contributed by atoms with E-state index in [4.69, 9.17) is 11.5 Å². The van der Waals surface area contributed by atoms with E-state index in [0.717, 1.165) is 0 Å². The van der Waals surface area contributed by atoms with Gasteiger partial charge >= 0.3 is 0 Å². The predicted molar refractivity (Wildman–Crippen MR) is 47.3 cm³/mol. The van der Waals surface area contributed by atoms with Crippen molar-refractivity contribution in [1.29, 1.82) is 0 Å². The van der Waals surface area contributed by atoms with Crippen molar-refractivity contribution in [3.8, 4) is 0 Å². The summed E-state index contributed by atoms with van der Waals surface area (Å²) in [6.45, 7) is 0.105. The van der Waals surface area contributed by atoms with Crippen LogP contribution >= 0.6 is 0 Å². The number of nitrogens with two attached hydrogens (primary N) is 2. The van der Waals surface area contributed by atoms with E-state index in [2.05, 4.69) is 0 Å². The average molecular weight is 163 g/mol. The highest BCUT2D eigenvalue weighted by molar-refractivity contribution is 6.05. The molecule has 0 fully saturated rings. The lowest BCUT2D eigenvalue weighted by Crippen LogP contribution is -2.29. The molecule has 0 aliphatic rings. The summed E-state index contributed by atoms with van der Waals surface area (Å²) < 4.78 is 0. The molecule has 0 heterocycles. The van der Waals surface area contributed by atoms with E-state index in [1.165, 1.54) is 0 Å². The van der Waals surface area contributed by atoms with Gasteiger partial charge in [0.05, 0.1) is 0 Å². The second-order valence-electron chi connectivity index (χ2n) is 2.42. The third-order valence-electron chi connectivity index (χ3n) is 1.55. The molecule has 4 N–H and O–H groups in total. The second-order valence-corrected chi connectivity index (χ2v) is 2.42. The van der Waals surface area contributed by atoms with Crippen molar-refractivity contribution in [3.63, 3.8) is 0 Å². The molecule has 0 saturated carbocycles. The van der Waals surface area contributed by atoms with Crippen LogP contribution in [0.1, 0.15) is 10.4 Å². The van der Waals surface area contributed by atoms with E-state index in [1.54, 1.807) is 24.3 Å². The molecule has 1 radical (unpaired) electrons. The van der Waals surface area contributed by atoms with E-state index in [0.29, 0.717) is 5.56 Å². The lowest BCUT2D eigenvalue weighted by Gasteiger charge is -2.05. The number of hydrogen-bond acceptors (Lipinski definition) is 3. The SMILES string of the molecule is NC[C](N)C(=O)c1ccccc1. The topological polar surface area (TPSA) is 69.1 Å². The number of ketones is 1. The summed E-state index contributed by atoms with van der Waals surface area (Å²) >= 11 is 0. The zero-order valence-electron chi connectivity index (χ0n) is 6.66. The molecule has 1 aromatic carbocycles. The van der Waals surface area contributed by atoms with Gasteiger partial charge in [-0.05, 0) is 0 Å². The minimum Gasteiger partial charge on any atom is -0.328 e. The Kier molecular flexibility index (Phi) is 2.96. The van der Waals surface area contributed by atoms with Crippen molar-refractivity contribution in [1.82, 2.24) is 0 Å². The van der Waals surface area contributed by atoms with Crippen LogP contribution in [0, 0.1) is 6.04 Å². The Labute approximate surface area is 71.4 Å². The quantitative estimate of drug-likeness (QED) is 0.630. The van der Waals surface area contributed by atoms with E-state index in [-0.39, 0.29) is 18.4 Å². The number of carbonyl (C=O) groups is 1. The Balaban J connectivity index is 2.79. The van der Waals surface area contributed by atoms with Gasteiger partial charge in [0.1, 0.15) is 6.04 Å². The van der Waals surface area contributed by atoms with Crippen molar-refractivity contribution >= 4 is 5.78 Å². The highest BCUT2D eigenvalue weighted by atomic mass is 16.1. The van der Waals surface area contributed by atoms with Gasteiger partial charge in [-0.2, -0.15) is 0 Å². The lowest BCUT2D eigenvalue weighted by atomic mass is 10.1. The van der Waals surface area contributed by atoms with Crippen molar-refractivity contribution in [3.05, 3.63) is 41.9 Å². The Morgan fingerprint density at radius 2 is 1.83 bits per heavy atom. The van der Waals surface area contributed by atoms with Gasteiger partial charge in [-0.3, -0.25) is 4.79 Å². The fourth-order valence-corrected chi connectivity index (χ4v) is 0.868. The van der Waals surface area contributed by atoms with Crippen LogP contribution in [0.4, 0.5) is 0 Å². The Bertz CT molecular complexity index is 258. The van der Waals surface area contributed by atoms with Gasteiger partial charge in [-0.15, -0.1) is 0 Å². The summed E-state index contributed by atoms with van der Waals surface area (Å²) in [4.78, 5) is 11.3. The Hall–Kier alpha value is -1.19. The molecule has 0 aliphatic heterocycles. The molecule has 3 nitrogen and oxygen atoms in total. The molecule has 0 saturated heterocycles. The Morgan fingerprint density at radius 3 is 2.33 bits per heavy atom. The van der Waals surface area contributed by atoms with E-state index in [9.17, 15) is 4.79 Å². The fourth-order valence-electron chi connectivity index (χ4n) is 0.868. The number of rotatable bonds is 3. The van der Waals surface area contributed by atoms with Crippen LogP contribution in [0.2, 0.25) is 0 Å².